The van der Waals surface area contributed by atoms with Crippen molar-refractivity contribution in [1.29, 1.82) is 0 Å². The monoisotopic (exact) mass is 374 g/mol. The number of anilines is 1. The number of nitrogens with zero attached hydrogens (tertiary/aromatic N) is 1. The lowest BCUT2D eigenvalue weighted by Crippen LogP contribution is -2.13. The van der Waals surface area contributed by atoms with Crippen molar-refractivity contribution in [3.05, 3.63) is 95.6 Å². The zero-order valence-electron chi connectivity index (χ0n) is 15.0. The van der Waals surface area contributed by atoms with Crippen LogP contribution in [0.1, 0.15) is 15.9 Å². The molecule has 0 aliphatic carbocycles. The van der Waals surface area contributed by atoms with Gasteiger partial charge in [-0.05, 0) is 61.5 Å². The lowest BCUT2D eigenvalue weighted by molar-refractivity contribution is 0.102. The van der Waals surface area contributed by atoms with Gasteiger partial charge in [0, 0.05) is 16.6 Å². The first-order valence-electron chi connectivity index (χ1n) is 8.74. The molecular formula is C23H16F2N2O. The molecule has 0 aliphatic rings. The van der Waals surface area contributed by atoms with Crippen LogP contribution in [-0.2, 0) is 0 Å². The van der Waals surface area contributed by atoms with Gasteiger partial charge in [0.1, 0.15) is 11.6 Å². The first-order valence-corrected chi connectivity index (χ1v) is 8.74. The van der Waals surface area contributed by atoms with Crippen molar-refractivity contribution in [1.82, 2.24) is 4.98 Å². The maximum atomic E-state index is 14.3. The Labute approximate surface area is 160 Å². The Kier molecular flexibility index (Phi) is 4.57. The summed E-state index contributed by atoms with van der Waals surface area (Å²) >= 11 is 0. The van der Waals surface area contributed by atoms with Gasteiger partial charge < -0.3 is 5.32 Å². The molecule has 1 amide bonds. The molecule has 28 heavy (non-hydrogen) atoms. The molecule has 0 atom stereocenters. The molecule has 1 heterocycles. The molecule has 0 saturated heterocycles. The lowest BCUT2D eigenvalue weighted by atomic mass is 10.0. The minimum atomic E-state index is -0.411. The Bertz CT molecular complexity index is 1190. The van der Waals surface area contributed by atoms with Crippen molar-refractivity contribution in [2.75, 3.05) is 5.32 Å². The Morgan fingerprint density at radius 2 is 1.68 bits per heavy atom. The van der Waals surface area contributed by atoms with Crippen molar-refractivity contribution in [2.24, 2.45) is 0 Å². The van der Waals surface area contributed by atoms with Gasteiger partial charge in [-0.25, -0.2) is 13.8 Å². The zero-order chi connectivity index (χ0) is 19.7. The largest absolute Gasteiger partial charge is 0.322 e. The Morgan fingerprint density at radius 1 is 0.929 bits per heavy atom. The molecule has 0 bridgehead atoms. The molecule has 0 saturated carbocycles. The highest BCUT2D eigenvalue weighted by molar-refractivity contribution is 6.13. The van der Waals surface area contributed by atoms with Crippen molar-refractivity contribution < 1.29 is 13.6 Å². The number of hydrogen-bond acceptors (Lipinski definition) is 2. The van der Waals surface area contributed by atoms with E-state index >= 15 is 0 Å². The third kappa shape index (κ3) is 3.47. The van der Waals surface area contributed by atoms with E-state index in [-0.39, 0.29) is 11.7 Å². The van der Waals surface area contributed by atoms with Gasteiger partial charge in [-0.3, -0.25) is 4.79 Å². The van der Waals surface area contributed by atoms with Crippen LogP contribution in [0.25, 0.3) is 22.2 Å². The molecule has 3 aromatic carbocycles. The fourth-order valence-electron chi connectivity index (χ4n) is 3.07. The highest BCUT2D eigenvalue weighted by Gasteiger charge is 2.16. The van der Waals surface area contributed by atoms with Crippen LogP contribution in [-0.4, -0.2) is 10.9 Å². The van der Waals surface area contributed by atoms with E-state index in [0.29, 0.717) is 33.4 Å². The zero-order valence-corrected chi connectivity index (χ0v) is 15.0. The summed E-state index contributed by atoms with van der Waals surface area (Å²) in [5, 5.41) is 3.43. The number of aryl methyl sites for hydroxylation is 1. The number of halogens is 2. The number of aromatic nitrogens is 1. The van der Waals surface area contributed by atoms with Gasteiger partial charge in [-0.15, -0.1) is 0 Å². The number of fused-ring (bicyclic) bond motifs is 1. The van der Waals surface area contributed by atoms with E-state index in [4.69, 9.17) is 0 Å². The van der Waals surface area contributed by atoms with Crippen molar-refractivity contribution in [3.63, 3.8) is 0 Å². The second-order valence-electron chi connectivity index (χ2n) is 6.52. The summed E-state index contributed by atoms with van der Waals surface area (Å²) in [6.45, 7) is 1.92. The van der Waals surface area contributed by atoms with E-state index < -0.39 is 5.82 Å². The van der Waals surface area contributed by atoms with E-state index in [1.54, 1.807) is 24.3 Å². The first kappa shape index (κ1) is 17.8. The Morgan fingerprint density at radius 3 is 2.43 bits per heavy atom. The van der Waals surface area contributed by atoms with Crippen LogP contribution in [0, 0.1) is 18.6 Å². The molecule has 0 radical (unpaired) electrons. The van der Waals surface area contributed by atoms with Crippen LogP contribution in [0.2, 0.25) is 0 Å². The number of hydrogen-bond donors (Lipinski definition) is 1. The van der Waals surface area contributed by atoms with Gasteiger partial charge in [-0.2, -0.15) is 0 Å². The maximum absolute atomic E-state index is 14.3. The van der Waals surface area contributed by atoms with E-state index in [1.165, 1.54) is 30.3 Å². The summed E-state index contributed by atoms with van der Waals surface area (Å²) in [6.07, 6.45) is 0. The quantitative estimate of drug-likeness (QED) is 0.497. The number of nitrogens with one attached hydrogen (secondary N) is 1. The molecule has 5 heteroatoms. The standard InChI is InChI=1S/C23H16F2N2O/c1-14-6-11-21-18(12-14)19(23(28)26-16-9-7-15(24)8-10-16)13-22(27-21)17-4-2-3-5-20(17)25/h2-13H,1H3,(H,26,28). The molecule has 0 aliphatic heterocycles. The fraction of sp³-hybridized carbons (Fsp3) is 0.0435. The molecule has 1 aromatic heterocycles. The summed E-state index contributed by atoms with van der Waals surface area (Å²) < 4.78 is 27.4. The summed E-state index contributed by atoms with van der Waals surface area (Å²) in [5.41, 5.74) is 3.10. The summed E-state index contributed by atoms with van der Waals surface area (Å²) in [6, 6.07) is 19.0. The number of amides is 1. The SMILES string of the molecule is Cc1ccc2nc(-c3ccccc3F)cc(C(=O)Nc3ccc(F)cc3)c2c1. The summed E-state index contributed by atoms with van der Waals surface area (Å²) in [5.74, 6) is -1.17. The maximum Gasteiger partial charge on any atom is 0.256 e. The van der Waals surface area contributed by atoms with Gasteiger partial charge in [0.2, 0.25) is 0 Å². The molecule has 138 valence electrons. The van der Waals surface area contributed by atoms with E-state index in [2.05, 4.69) is 10.3 Å². The van der Waals surface area contributed by atoms with Crippen molar-refractivity contribution >= 4 is 22.5 Å². The number of benzene rings is 3. The molecule has 4 aromatic rings. The van der Waals surface area contributed by atoms with Gasteiger partial charge in [0.05, 0.1) is 16.8 Å². The van der Waals surface area contributed by atoms with E-state index in [0.717, 1.165) is 5.56 Å². The highest BCUT2D eigenvalue weighted by Crippen LogP contribution is 2.28. The number of rotatable bonds is 3. The van der Waals surface area contributed by atoms with Gasteiger partial charge in [-0.1, -0.05) is 23.8 Å². The smallest absolute Gasteiger partial charge is 0.256 e. The molecule has 1 N–H and O–H groups in total. The predicted molar refractivity (Wildman–Crippen MR) is 106 cm³/mol. The minimum absolute atomic E-state index is 0.320. The van der Waals surface area contributed by atoms with Gasteiger partial charge in [0.15, 0.2) is 0 Å². The second kappa shape index (κ2) is 7.19. The topological polar surface area (TPSA) is 42.0 Å². The van der Waals surface area contributed by atoms with E-state index in [9.17, 15) is 13.6 Å². The van der Waals surface area contributed by atoms with Crippen LogP contribution in [0.3, 0.4) is 0 Å². The highest BCUT2D eigenvalue weighted by atomic mass is 19.1. The molecule has 0 unspecified atom stereocenters. The van der Waals surface area contributed by atoms with E-state index in [1.807, 2.05) is 25.1 Å². The second-order valence-corrected chi connectivity index (χ2v) is 6.52. The van der Waals surface area contributed by atoms with Crippen LogP contribution in [0.5, 0.6) is 0 Å². The van der Waals surface area contributed by atoms with Crippen molar-refractivity contribution in [3.8, 4) is 11.3 Å². The van der Waals surface area contributed by atoms with Crippen molar-refractivity contribution in [2.45, 2.75) is 6.92 Å². The minimum Gasteiger partial charge on any atom is -0.322 e. The third-order valence-corrected chi connectivity index (χ3v) is 4.46. The average molecular weight is 374 g/mol. The Hall–Kier alpha value is -3.60. The van der Waals surface area contributed by atoms with Gasteiger partial charge >= 0.3 is 0 Å². The van der Waals surface area contributed by atoms with Crippen LogP contribution < -0.4 is 5.32 Å². The number of pyridine rings is 1. The Balaban J connectivity index is 1.85. The lowest BCUT2D eigenvalue weighted by Gasteiger charge is -2.12. The first-order chi connectivity index (χ1) is 13.5. The summed E-state index contributed by atoms with van der Waals surface area (Å²) in [4.78, 5) is 17.5. The molecule has 0 spiro atoms. The molecular weight excluding hydrogens is 358 g/mol. The predicted octanol–water partition coefficient (Wildman–Crippen LogP) is 5.74. The number of carbonyl (C=O) groups excluding carboxylic acids is 1. The normalized spacial score (nSPS) is 10.8. The molecule has 0 fully saturated rings. The number of carbonyl (C=O) groups is 1. The van der Waals surface area contributed by atoms with Crippen LogP contribution in [0.4, 0.5) is 14.5 Å². The fourth-order valence-corrected chi connectivity index (χ4v) is 3.07. The van der Waals surface area contributed by atoms with Crippen LogP contribution in [0.15, 0.2) is 72.8 Å². The molecule has 4 rings (SSSR count). The average Bonchev–Trinajstić information content (AvgIpc) is 2.69. The van der Waals surface area contributed by atoms with Gasteiger partial charge in [0.25, 0.3) is 5.91 Å². The third-order valence-electron chi connectivity index (χ3n) is 4.46. The summed E-state index contributed by atoms with van der Waals surface area (Å²) in [7, 11) is 0. The molecule has 3 nitrogen and oxygen atoms in total. The van der Waals surface area contributed by atoms with Crippen LogP contribution >= 0.6 is 0 Å².